The van der Waals surface area contributed by atoms with Gasteiger partial charge in [0.15, 0.2) is 0 Å². The van der Waals surface area contributed by atoms with Gasteiger partial charge in [-0.25, -0.2) is 9.59 Å². The molecule has 1 rings (SSSR count). The standard InChI is InChI=1S/C6H10N2O3.ClH/c7-6(11)8-3-1-2-4(8)5(9)10;/h4H,1-3H2,(H2,7,11)(H,9,10);1H/t4-;/m0./s1. The zero-order valence-electron chi connectivity index (χ0n) is 6.40. The molecule has 0 aromatic heterocycles. The number of carboxylic acids is 1. The van der Waals surface area contributed by atoms with Gasteiger partial charge in [-0.15, -0.1) is 12.4 Å². The number of likely N-dealkylation sites (tertiary alicyclic amines) is 1. The van der Waals surface area contributed by atoms with E-state index in [0.717, 1.165) is 6.42 Å². The van der Waals surface area contributed by atoms with E-state index in [2.05, 4.69) is 0 Å². The number of hydrogen-bond donors (Lipinski definition) is 2. The fraction of sp³-hybridized carbons (Fsp3) is 0.667. The Morgan fingerprint density at radius 3 is 2.42 bits per heavy atom. The van der Waals surface area contributed by atoms with Gasteiger partial charge in [-0.3, -0.25) is 0 Å². The summed E-state index contributed by atoms with van der Waals surface area (Å²) < 4.78 is 0. The first-order valence-electron chi connectivity index (χ1n) is 3.42. The van der Waals surface area contributed by atoms with Crippen molar-refractivity contribution >= 4 is 24.4 Å². The molecule has 1 aliphatic rings. The fourth-order valence-electron chi connectivity index (χ4n) is 1.29. The van der Waals surface area contributed by atoms with Crippen LogP contribution < -0.4 is 5.73 Å². The van der Waals surface area contributed by atoms with E-state index in [4.69, 9.17) is 10.8 Å². The van der Waals surface area contributed by atoms with Crippen molar-refractivity contribution < 1.29 is 14.7 Å². The van der Waals surface area contributed by atoms with E-state index in [1.54, 1.807) is 0 Å². The van der Waals surface area contributed by atoms with Crippen molar-refractivity contribution in [3.63, 3.8) is 0 Å². The summed E-state index contributed by atoms with van der Waals surface area (Å²) in [5, 5.41) is 8.58. The highest BCUT2D eigenvalue weighted by molar-refractivity contribution is 5.85. The Hall–Kier alpha value is -0.970. The number of carbonyl (C=O) groups excluding carboxylic acids is 1. The monoisotopic (exact) mass is 194 g/mol. The molecule has 5 nitrogen and oxygen atoms in total. The first-order chi connectivity index (χ1) is 5.13. The average Bonchev–Trinajstić information content (AvgIpc) is 2.32. The number of urea groups is 1. The van der Waals surface area contributed by atoms with Gasteiger partial charge in [-0.2, -0.15) is 0 Å². The molecule has 1 atom stereocenters. The molecule has 0 aliphatic carbocycles. The lowest BCUT2D eigenvalue weighted by Crippen LogP contribution is -2.43. The van der Waals surface area contributed by atoms with Crippen LogP contribution in [-0.4, -0.2) is 34.6 Å². The van der Waals surface area contributed by atoms with Gasteiger partial charge >= 0.3 is 12.0 Å². The molecule has 0 bridgehead atoms. The smallest absolute Gasteiger partial charge is 0.326 e. The number of primary amides is 1. The van der Waals surface area contributed by atoms with Crippen LogP contribution in [0.2, 0.25) is 0 Å². The molecule has 1 fully saturated rings. The van der Waals surface area contributed by atoms with Crippen LogP contribution in [-0.2, 0) is 4.79 Å². The molecule has 12 heavy (non-hydrogen) atoms. The Labute approximate surface area is 75.9 Å². The van der Waals surface area contributed by atoms with Crippen LogP contribution >= 0.6 is 12.4 Å². The topological polar surface area (TPSA) is 83.6 Å². The largest absolute Gasteiger partial charge is 0.480 e. The lowest BCUT2D eigenvalue weighted by molar-refractivity contribution is -0.141. The molecule has 1 saturated heterocycles. The number of nitrogens with two attached hydrogens (primary N) is 1. The van der Waals surface area contributed by atoms with Crippen molar-refractivity contribution in [2.24, 2.45) is 5.73 Å². The number of hydrogen-bond acceptors (Lipinski definition) is 2. The third kappa shape index (κ3) is 2.01. The summed E-state index contributed by atoms with van der Waals surface area (Å²) >= 11 is 0. The van der Waals surface area contributed by atoms with Crippen LogP contribution in [0.4, 0.5) is 4.79 Å². The van der Waals surface area contributed by atoms with E-state index in [9.17, 15) is 9.59 Å². The number of carboxylic acid groups (broad SMARTS) is 1. The van der Waals surface area contributed by atoms with Crippen molar-refractivity contribution in [1.82, 2.24) is 4.90 Å². The molecular weight excluding hydrogens is 184 g/mol. The molecule has 0 aromatic rings. The molecule has 1 heterocycles. The minimum atomic E-state index is -0.971. The van der Waals surface area contributed by atoms with E-state index in [1.807, 2.05) is 0 Å². The van der Waals surface area contributed by atoms with Crippen molar-refractivity contribution in [3.8, 4) is 0 Å². The SMILES string of the molecule is Cl.NC(=O)N1CCC[C@H]1C(=O)O. The normalized spacial score (nSPS) is 21.7. The molecule has 0 spiro atoms. The molecule has 0 saturated carbocycles. The lowest BCUT2D eigenvalue weighted by atomic mass is 10.2. The Balaban J connectivity index is 0.00000121. The van der Waals surface area contributed by atoms with E-state index < -0.39 is 18.0 Å². The number of aliphatic carboxylic acids is 1. The first kappa shape index (κ1) is 11.0. The van der Waals surface area contributed by atoms with Crippen LogP contribution in [0.25, 0.3) is 0 Å². The highest BCUT2D eigenvalue weighted by atomic mass is 35.5. The zero-order chi connectivity index (χ0) is 8.43. The Kier molecular flexibility index (Phi) is 3.82. The van der Waals surface area contributed by atoms with Gasteiger partial charge < -0.3 is 15.7 Å². The molecular formula is C6H11ClN2O3. The first-order valence-corrected chi connectivity index (χ1v) is 3.42. The summed E-state index contributed by atoms with van der Waals surface area (Å²) in [6.45, 7) is 0.465. The Bertz CT molecular complexity index is 177. The quantitative estimate of drug-likeness (QED) is 0.618. The van der Waals surface area contributed by atoms with Crippen LogP contribution in [0.15, 0.2) is 0 Å². The summed E-state index contributed by atoms with van der Waals surface area (Å²) in [6.07, 6.45) is 1.23. The summed E-state index contributed by atoms with van der Waals surface area (Å²) in [7, 11) is 0. The third-order valence-electron chi connectivity index (χ3n) is 1.82. The average molecular weight is 195 g/mol. The molecule has 3 N–H and O–H groups in total. The summed E-state index contributed by atoms with van der Waals surface area (Å²) in [5.74, 6) is -0.971. The molecule has 2 amide bonds. The number of nitrogens with zero attached hydrogens (tertiary/aromatic N) is 1. The van der Waals surface area contributed by atoms with Crippen molar-refractivity contribution in [2.45, 2.75) is 18.9 Å². The fourth-order valence-corrected chi connectivity index (χ4v) is 1.29. The lowest BCUT2D eigenvalue weighted by Gasteiger charge is -2.17. The van der Waals surface area contributed by atoms with E-state index >= 15 is 0 Å². The predicted octanol–water partition coefficient (Wildman–Crippen LogP) is 0.0359. The number of rotatable bonds is 1. The van der Waals surface area contributed by atoms with Crippen molar-refractivity contribution in [1.29, 1.82) is 0 Å². The number of amides is 2. The minimum absolute atomic E-state index is 0. The predicted molar refractivity (Wildman–Crippen MR) is 44.2 cm³/mol. The van der Waals surface area contributed by atoms with Gasteiger partial charge in [0, 0.05) is 6.54 Å². The number of carbonyl (C=O) groups is 2. The van der Waals surface area contributed by atoms with E-state index in [1.165, 1.54) is 4.90 Å². The third-order valence-corrected chi connectivity index (χ3v) is 1.82. The molecule has 1 aliphatic heterocycles. The minimum Gasteiger partial charge on any atom is -0.480 e. The van der Waals surface area contributed by atoms with E-state index in [0.29, 0.717) is 13.0 Å². The second kappa shape index (κ2) is 4.15. The molecule has 0 radical (unpaired) electrons. The van der Waals surface area contributed by atoms with Crippen molar-refractivity contribution in [2.75, 3.05) is 6.54 Å². The Morgan fingerprint density at radius 1 is 1.50 bits per heavy atom. The molecule has 70 valence electrons. The highest BCUT2D eigenvalue weighted by Gasteiger charge is 2.32. The van der Waals surface area contributed by atoms with Gasteiger partial charge in [0.25, 0.3) is 0 Å². The van der Waals surface area contributed by atoms with Crippen molar-refractivity contribution in [3.05, 3.63) is 0 Å². The van der Waals surface area contributed by atoms with E-state index in [-0.39, 0.29) is 12.4 Å². The van der Waals surface area contributed by atoms with Gasteiger partial charge in [0.05, 0.1) is 0 Å². The van der Waals surface area contributed by atoms with Gasteiger partial charge in [0.2, 0.25) is 0 Å². The van der Waals surface area contributed by atoms with Crippen LogP contribution in [0, 0.1) is 0 Å². The van der Waals surface area contributed by atoms with Gasteiger partial charge in [0.1, 0.15) is 6.04 Å². The molecule has 0 unspecified atom stereocenters. The Morgan fingerprint density at radius 2 is 2.08 bits per heavy atom. The molecule has 6 heteroatoms. The zero-order valence-corrected chi connectivity index (χ0v) is 7.21. The second-order valence-electron chi connectivity index (χ2n) is 2.53. The second-order valence-corrected chi connectivity index (χ2v) is 2.53. The summed E-state index contributed by atoms with van der Waals surface area (Å²) in [6, 6.07) is -1.34. The van der Waals surface area contributed by atoms with Gasteiger partial charge in [-0.05, 0) is 12.8 Å². The van der Waals surface area contributed by atoms with Crippen LogP contribution in [0.3, 0.4) is 0 Å². The highest BCUT2D eigenvalue weighted by Crippen LogP contribution is 2.16. The maximum absolute atomic E-state index is 10.6. The summed E-state index contributed by atoms with van der Waals surface area (Å²) in [4.78, 5) is 22.3. The van der Waals surface area contributed by atoms with Crippen LogP contribution in [0.1, 0.15) is 12.8 Å². The van der Waals surface area contributed by atoms with Gasteiger partial charge in [-0.1, -0.05) is 0 Å². The summed E-state index contributed by atoms with van der Waals surface area (Å²) in [5.41, 5.74) is 4.95. The molecule has 0 aromatic carbocycles. The maximum Gasteiger partial charge on any atom is 0.326 e. The maximum atomic E-state index is 10.6. The van der Waals surface area contributed by atoms with Crippen LogP contribution in [0.5, 0.6) is 0 Å². The number of halogens is 1.